The van der Waals surface area contributed by atoms with E-state index >= 15 is 0 Å². The number of nitrogen functional groups attached to an aromatic ring is 1. The average molecular weight is 365 g/mol. The van der Waals surface area contributed by atoms with Crippen molar-refractivity contribution in [3.05, 3.63) is 53.5 Å². The Bertz CT molecular complexity index is 1060. The Morgan fingerprint density at radius 1 is 1.26 bits per heavy atom. The van der Waals surface area contributed by atoms with Gasteiger partial charge in [-0.15, -0.1) is 0 Å². The summed E-state index contributed by atoms with van der Waals surface area (Å²) in [6, 6.07) is 9.89. The van der Waals surface area contributed by atoms with Gasteiger partial charge in [0.1, 0.15) is 11.6 Å². The molecule has 0 saturated carbocycles. The van der Waals surface area contributed by atoms with Gasteiger partial charge in [0.15, 0.2) is 0 Å². The summed E-state index contributed by atoms with van der Waals surface area (Å²) >= 11 is 0. The fraction of sp³-hybridized carbons (Fsp3) is 0.238. The van der Waals surface area contributed by atoms with Gasteiger partial charge in [-0.3, -0.25) is 4.79 Å². The number of hydrogen-bond acceptors (Lipinski definition) is 4. The molecule has 6 heteroatoms. The van der Waals surface area contributed by atoms with Crippen LogP contribution in [0.15, 0.2) is 36.4 Å². The number of benzene rings is 2. The van der Waals surface area contributed by atoms with Crippen molar-refractivity contribution in [3.63, 3.8) is 0 Å². The van der Waals surface area contributed by atoms with Crippen molar-refractivity contribution in [2.24, 2.45) is 0 Å². The smallest absolute Gasteiger partial charge is 0.258 e. The molecule has 2 heterocycles. The van der Waals surface area contributed by atoms with Gasteiger partial charge in [0, 0.05) is 23.1 Å². The quantitative estimate of drug-likeness (QED) is 0.759. The van der Waals surface area contributed by atoms with Gasteiger partial charge in [-0.2, -0.15) is 0 Å². The van der Waals surface area contributed by atoms with Gasteiger partial charge in [-0.1, -0.05) is 25.1 Å². The molecule has 2 aromatic carbocycles. The molecule has 0 atom stereocenters. The number of hydrogen-bond donors (Lipinski definition) is 1. The van der Waals surface area contributed by atoms with E-state index in [4.69, 9.17) is 15.5 Å². The van der Waals surface area contributed by atoms with Crippen LogP contribution in [0.4, 0.5) is 10.1 Å². The summed E-state index contributed by atoms with van der Waals surface area (Å²) in [6.07, 6.45) is 0.866. The van der Waals surface area contributed by atoms with Crippen LogP contribution in [0.5, 0.6) is 5.75 Å². The molecule has 0 aliphatic carbocycles. The van der Waals surface area contributed by atoms with Crippen molar-refractivity contribution in [1.82, 2.24) is 9.88 Å². The fourth-order valence-corrected chi connectivity index (χ4v) is 3.68. The number of carbonyl (C=O) groups is 1. The number of amides is 1. The summed E-state index contributed by atoms with van der Waals surface area (Å²) in [5.74, 6) is 0.113. The molecule has 138 valence electrons. The van der Waals surface area contributed by atoms with E-state index in [1.54, 1.807) is 18.1 Å². The maximum atomic E-state index is 13.9. The van der Waals surface area contributed by atoms with Gasteiger partial charge in [0.25, 0.3) is 5.91 Å². The van der Waals surface area contributed by atoms with E-state index in [9.17, 15) is 9.18 Å². The minimum absolute atomic E-state index is 0.0764. The number of nitrogens with zero attached hydrogens (tertiary/aromatic N) is 2. The molecular formula is C21H20FN3O2. The van der Waals surface area contributed by atoms with Gasteiger partial charge in [-0.05, 0) is 24.6 Å². The lowest BCUT2D eigenvalue weighted by Gasteiger charge is -2.13. The number of carbonyl (C=O) groups excluding carboxylic acids is 1. The Kier molecular flexibility index (Phi) is 4.18. The first-order valence-corrected chi connectivity index (χ1v) is 8.89. The molecule has 1 aromatic heterocycles. The van der Waals surface area contributed by atoms with Crippen molar-refractivity contribution in [2.45, 2.75) is 19.9 Å². The topological polar surface area (TPSA) is 68.5 Å². The molecule has 1 amide bonds. The lowest BCUT2D eigenvalue weighted by Crippen LogP contribution is -2.24. The monoisotopic (exact) mass is 365 g/mol. The predicted octanol–water partition coefficient (Wildman–Crippen LogP) is 4.00. The average Bonchev–Trinajstić information content (AvgIpc) is 2.97. The van der Waals surface area contributed by atoms with Crippen molar-refractivity contribution in [3.8, 4) is 16.9 Å². The third-order valence-electron chi connectivity index (χ3n) is 4.92. The molecule has 0 bridgehead atoms. The van der Waals surface area contributed by atoms with Crippen LogP contribution in [0.2, 0.25) is 0 Å². The highest BCUT2D eigenvalue weighted by atomic mass is 19.1. The van der Waals surface area contributed by atoms with Crippen LogP contribution >= 0.6 is 0 Å². The Hall–Kier alpha value is -3.15. The van der Waals surface area contributed by atoms with Gasteiger partial charge >= 0.3 is 0 Å². The van der Waals surface area contributed by atoms with Gasteiger partial charge < -0.3 is 15.4 Å². The van der Waals surface area contributed by atoms with Crippen molar-refractivity contribution < 1.29 is 13.9 Å². The summed E-state index contributed by atoms with van der Waals surface area (Å²) in [7, 11) is 1.54. The first-order chi connectivity index (χ1) is 13.0. The van der Waals surface area contributed by atoms with E-state index in [1.165, 1.54) is 12.1 Å². The van der Waals surface area contributed by atoms with Crippen LogP contribution in [-0.4, -0.2) is 29.4 Å². The number of methoxy groups -OCH3 is 1. The minimum Gasteiger partial charge on any atom is -0.496 e. The maximum absolute atomic E-state index is 13.9. The number of nitrogens with two attached hydrogens (primary N) is 1. The largest absolute Gasteiger partial charge is 0.496 e. The Labute approximate surface area is 156 Å². The van der Waals surface area contributed by atoms with Crippen molar-refractivity contribution >= 4 is 22.5 Å². The third kappa shape index (κ3) is 2.68. The highest BCUT2D eigenvalue weighted by Crippen LogP contribution is 2.39. The molecular weight excluding hydrogens is 345 g/mol. The Morgan fingerprint density at radius 3 is 2.81 bits per heavy atom. The van der Waals surface area contributed by atoms with E-state index < -0.39 is 0 Å². The van der Waals surface area contributed by atoms with E-state index in [1.807, 2.05) is 25.1 Å². The van der Waals surface area contributed by atoms with Crippen LogP contribution < -0.4 is 10.5 Å². The highest BCUT2D eigenvalue weighted by Gasteiger charge is 2.32. The van der Waals surface area contributed by atoms with Crippen LogP contribution in [0.25, 0.3) is 22.0 Å². The number of para-hydroxylation sites is 1. The van der Waals surface area contributed by atoms with E-state index in [2.05, 4.69) is 0 Å². The fourth-order valence-electron chi connectivity index (χ4n) is 3.68. The Morgan fingerprint density at radius 2 is 2.07 bits per heavy atom. The molecule has 0 saturated heterocycles. The third-order valence-corrected chi connectivity index (χ3v) is 4.92. The number of anilines is 1. The van der Waals surface area contributed by atoms with Gasteiger partial charge in [0.05, 0.1) is 36.1 Å². The lowest BCUT2D eigenvalue weighted by molar-refractivity contribution is 0.0779. The number of rotatable bonds is 4. The number of aromatic nitrogens is 1. The molecule has 0 unspecified atom stereocenters. The summed E-state index contributed by atoms with van der Waals surface area (Å²) in [5, 5.41) is 0.685. The standard InChI is InChI=1S/C21H20FN3O2/c1-3-9-25-11-16-18(21(25)26)19(23)14-6-4-5-13(20(14)24-16)15-10-12(22)7-8-17(15)27-2/h4-8,10H,3,9,11H2,1-2H3,(H2,23,24). The van der Waals surface area contributed by atoms with E-state index in [0.717, 1.165) is 12.0 Å². The van der Waals surface area contributed by atoms with E-state index in [-0.39, 0.29) is 11.7 Å². The molecule has 2 N–H and O–H groups in total. The zero-order chi connectivity index (χ0) is 19.1. The predicted molar refractivity (Wildman–Crippen MR) is 103 cm³/mol. The summed E-state index contributed by atoms with van der Waals surface area (Å²) in [4.78, 5) is 19.2. The van der Waals surface area contributed by atoms with Crippen LogP contribution in [0, 0.1) is 5.82 Å². The minimum atomic E-state index is -0.360. The molecule has 4 rings (SSSR count). The summed E-state index contributed by atoms with van der Waals surface area (Å²) < 4.78 is 19.3. The van der Waals surface area contributed by atoms with Crippen LogP contribution in [0.3, 0.4) is 0 Å². The van der Waals surface area contributed by atoms with Crippen LogP contribution in [-0.2, 0) is 6.54 Å². The molecule has 5 nitrogen and oxygen atoms in total. The second-order valence-corrected chi connectivity index (χ2v) is 6.62. The Balaban J connectivity index is 1.97. The van der Waals surface area contributed by atoms with Crippen LogP contribution in [0.1, 0.15) is 29.4 Å². The number of pyridine rings is 1. The molecule has 1 aliphatic rings. The summed E-state index contributed by atoms with van der Waals surface area (Å²) in [6.45, 7) is 3.13. The zero-order valence-electron chi connectivity index (χ0n) is 15.3. The van der Waals surface area contributed by atoms with Gasteiger partial charge in [0.2, 0.25) is 0 Å². The normalized spacial score (nSPS) is 13.3. The van der Waals surface area contributed by atoms with E-state index in [0.29, 0.717) is 52.3 Å². The molecule has 1 aliphatic heterocycles. The van der Waals surface area contributed by atoms with Crippen molar-refractivity contribution in [2.75, 3.05) is 19.4 Å². The molecule has 27 heavy (non-hydrogen) atoms. The molecule has 0 spiro atoms. The zero-order valence-corrected chi connectivity index (χ0v) is 15.3. The number of halogens is 1. The summed E-state index contributed by atoms with van der Waals surface area (Å²) in [5.41, 5.74) is 9.92. The SMILES string of the molecule is CCCN1Cc2nc3c(-c4cc(F)ccc4OC)cccc3c(N)c2C1=O. The molecule has 0 radical (unpaired) electrons. The second-order valence-electron chi connectivity index (χ2n) is 6.62. The number of ether oxygens (including phenoxy) is 1. The van der Waals surface area contributed by atoms with Crippen molar-refractivity contribution in [1.29, 1.82) is 0 Å². The highest BCUT2D eigenvalue weighted by molar-refractivity contribution is 6.11. The molecule has 0 fully saturated rings. The number of fused-ring (bicyclic) bond motifs is 2. The first-order valence-electron chi connectivity index (χ1n) is 8.89. The molecule has 3 aromatic rings. The van der Waals surface area contributed by atoms with Gasteiger partial charge in [-0.25, -0.2) is 9.37 Å². The maximum Gasteiger partial charge on any atom is 0.258 e. The second kappa shape index (κ2) is 6.54. The lowest BCUT2D eigenvalue weighted by atomic mass is 9.98. The first kappa shape index (κ1) is 17.3.